The van der Waals surface area contributed by atoms with Gasteiger partial charge >= 0.3 is 17.9 Å². The number of hydrogen-bond acceptors (Lipinski definition) is 12. The summed E-state index contributed by atoms with van der Waals surface area (Å²) >= 11 is 0. The van der Waals surface area contributed by atoms with Gasteiger partial charge in [0.15, 0.2) is 29.4 Å². The molecule has 6 rings (SSSR count). The molecule has 1 saturated heterocycles. The van der Waals surface area contributed by atoms with Gasteiger partial charge in [0.05, 0.1) is 23.0 Å². The summed E-state index contributed by atoms with van der Waals surface area (Å²) in [5.41, 5.74) is 11.4. The van der Waals surface area contributed by atoms with Gasteiger partial charge in [0.1, 0.15) is 18.2 Å². The Hall–Kier alpha value is -5.82. The second-order valence-electron chi connectivity index (χ2n) is 10.4. The normalized spacial score (nSPS) is 20.9. The van der Waals surface area contributed by atoms with E-state index >= 15 is 0 Å². The molecular weight excluding hydrogens is 580 g/mol. The van der Waals surface area contributed by atoms with Crippen LogP contribution in [0, 0.1) is 0 Å². The third-order valence-corrected chi connectivity index (χ3v) is 7.37. The first-order chi connectivity index (χ1) is 21.7. The van der Waals surface area contributed by atoms with Crippen LogP contribution < -0.4 is 11.5 Å². The molecule has 0 aliphatic carbocycles. The smallest absolute Gasteiger partial charge is 0.338 e. The molecule has 3 heterocycles. The van der Waals surface area contributed by atoms with Gasteiger partial charge in [0.25, 0.3) is 0 Å². The summed E-state index contributed by atoms with van der Waals surface area (Å²) in [7, 11) is 0. The van der Waals surface area contributed by atoms with Crippen molar-refractivity contribution in [2.75, 3.05) is 18.1 Å². The van der Waals surface area contributed by atoms with Crippen LogP contribution in [0.15, 0.2) is 97.3 Å². The summed E-state index contributed by atoms with van der Waals surface area (Å²) in [4.78, 5) is 52.5. The van der Waals surface area contributed by atoms with Crippen LogP contribution in [-0.2, 0) is 18.9 Å². The van der Waals surface area contributed by atoms with Crippen molar-refractivity contribution in [1.29, 1.82) is 0 Å². The first-order valence-electron chi connectivity index (χ1n) is 13.9. The number of anilines is 2. The molecule has 0 saturated carbocycles. The number of carbonyl (C=O) groups excluding carboxylic acids is 3. The molecule has 228 valence electrons. The van der Waals surface area contributed by atoms with Gasteiger partial charge in [-0.15, -0.1) is 0 Å². The van der Waals surface area contributed by atoms with Crippen LogP contribution in [0.1, 0.15) is 44.2 Å². The maximum atomic E-state index is 13.6. The molecule has 3 aromatic carbocycles. The third-order valence-electron chi connectivity index (χ3n) is 7.37. The third kappa shape index (κ3) is 5.76. The average Bonchev–Trinajstić information content (AvgIpc) is 3.59. The summed E-state index contributed by atoms with van der Waals surface area (Å²) in [6, 6.07) is 25.0. The highest BCUT2D eigenvalue weighted by Gasteiger charge is 2.60. The number of hydrogen-bond donors (Lipinski definition) is 2. The van der Waals surface area contributed by atoms with E-state index in [4.69, 9.17) is 30.4 Å². The number of imidazole rings is 1. The van der Waals surface area contributed by atoms with Crippen LogP contribution in [0.2, 0.25) is 0 Å². The minimum absolute atomic E-state index is 0.0256. The standard InChI is InChI=1S/C32H28N6O7/c1-32(45-29(41)21-15-9-4-10-16-21)24(44-28(40)20-13-7-3-8-14-20)22(17-42-27(39)19-11-5-2-6-12-19)43-30(32)38-18-35-23-25(33)36-31(34)37-26(23)38/h2-16,18,22,24,30H,17H2,1H3,(H4,33,34,36,37)/t22?,24?,30?,32-/m1/s1. The fraction of sp³-hybridized carbons (Fsp3) is 0.188. The molecular formula is C32H28N6O7. The summed E-state index contributed by atoms with van der Waals surface area (Å²) in [5, 5.41) is 0. The first kappa shape index (κ1) is 29.3. The van der Waals surface area contributed by atoms with Crippen LogP contribution in [0.3, 0.4) is 0 Å². The lowest BCUT2D eigenvalue weighted by Gasteiger charge is -2.34. The van der Waals surface area contributed by atoms with Crippen molar-refractivity contribution >= 4 is 40.8 Å². The molecule has 0 bridgehead atoms. The highest BCUT2D eigenvalue weighted by molar-refractivity contribution is 5.91. The maximum absolute atomic E-state index is 13.6. The maximum Gasteiger partial charge on any atom is 0.338 e. The summed E-state index contributed by atoms with van der Waals surface area (Å²) in [5.74, 6) is -2.15. The molecule has 2 aromatic heterocycles. The van der Waals surface area contributed by atoms with Gasteiger partial charge in [-0.2, -0.15) is 9.97 Å². The van der Waals surface area contributed by atoms with Crippen molar-refractivity contribution in [2.45, 2.75) is 31.0 Å². The summed E-state index contributed by atoms with van der Waals surface area (Å²) in [6.45, 7) is 1.20. The molecule has 4 N–H and O–H groups in total. The van der Waals surface area contributed by atoms with Crippen molar-refractivity contribution in [3.8, 4) is 0 Å². The Bertz CT molecular complexity index is 1850. The first-order valence-corrected chi connectivity index (χ1v) is 13.9. The van der Waals surface area contributed by atoms with E-state index < -0.39 is 41.9 Å². The second kappa shape index (κ2) is 12.1. The van der Waals surface area contributed by atoms with E-state index in [0.717, 1.165) is 0 Å². The molecule has 1 fully saturated rings. The van der Waals surface area contributed by atoms with Gasteiger partial charge in [-0.05, 0) is 43.3 Å². The highest BCUT2D eigenvalue weighted by Crippen LogP contribution is 2.45. The molecule has 13 nitrogen and oxygen atoms in total. The number of nitrogens with zero attached hydrogens (tertiary/aromatic N) is 4. The molecule has 4 atom stereocenters. The fourth-order valence-corrected chi connectivity index (χ4v) is 5.18. The zero-order chi connectivity index (χ0) is 31.6. The lowest BCUT2D eigenvalue weighted by Crippen LogP contribution is -2.50. The number of nitrogen functional groups attached to an aromatic ring is 2. The number of nitrogens with two attached hydrogens (primary N) is 2. The van der Waals surface area contributed by atoms with Crippen molar-refractivity contribution < 1.29 is 33.3 Å². The molecule has 0 spiro atoms. The number of fused-ring (bicyclic) bond motifs is 1. The summed E-state index contributed by atoms with van der Waals surface area (Å²) < 4.78 is 25.7. The SMILES string of the molecule is C[C@@]1(OC(=O)c2ccccc2)C(OC(=O)c2ccccc2)C(COC(=O)c2ccccc2)OC1n1cnc2c(N)nc(N)nc21. The molecule has 5 aromatic rings. The van der Waals surface area contributed by atoms with Crippen molar-refractivity contribution in [3.05, 3.63) is 114 Å². The predicted octanol–water partition coefficient (Wildman–Crippen LogP) is 3.59. The number of rotatable bonds is 8. The molecule has 3 unspecified atom stereocenters. The molecule has 13 heteroatoms. The molecule has 0 amide bonds. The number of benzene rings is 3. The van der Waals surface area contributed by atoms with E-state index in [9.17, 15) is 14.4 Å². The topological polar surface area (TPSA) is 184 Å². The van der Waals surface area contributed by atoms with Crippen LogP contribution in [0.25, 0.3) is 11.2 Å². The largest absolute Gasteiger partial charge is 0.459 e. The van der Waals surface area contributed by atoms with E-state index in [2.05, 4.69) is 15.0 Å². The minimum atomic E-state index is -1.73. The Morgan fingerprint density at radius 3 is 1.98 bits per heavy atom. The second-order valence-corrected chi connectivity index (χ2v) is 10.4. The molecule has 45 heavy (non-hydrogen) atoms. The molecule has 1 aliphatic heterocycles. The van der Waals surface area contributed by atoms with Gasteiger partial charge in [-0.1, -0.05) is 54.6 Å². The Balaban J connectivity index is 1.43. The van der Waals surface area contributed by atoms with Gasteiger partial charge < -0.3 is 30.4 Å². The van der Waals surface area contributed by atoms with E-state index in [1.807, 2.05) is 0 Å². The number of esters is 3. The Morgan fingerprint density at radius 1 is 0.822 bits per heavy atom. The summed E-state index contributed by atoms with van der Waals surface area (Å²) in [6.07, 6.45) is -2.24. The minimum Gasteiger partial charge on any atom is -0.459 e. The van der Waals surface area contributed by atoms with Gasteiger partial charge in [-0.25, -0.2) is 19.4 Å². The fourth-order valence-electron chi connectivity index (χ4n) is 5.18. The predicted molar refractivity (Wildman–Crippen MR) is 161 cm³/mol. The lowest BCUT2D eigenvalue weighted by atomic mass is 9.95. The van der Waals surface area contributed by atoms with E-state index in [1.165, 1.54) is 10.9 Å². The van der Waals surface area contributed by atoms with E-state index in [-0.39, 0.29) is 40.7 Å². The van der Waals surface area contributed by atoms with Crippen LogP contribution >= 0.6 is 0 Å². The van der Waals surface area contributed by atoms with Gasteiger partial charge in [0.2, 0.25) is 5.95 Å². The zero-order valence-electron chi connectivity index (χ0n) is 24.0. The molecule has 0 radical (unpaired) electrons. The zero-order valence-corrected chi connectivity index (χ0v) is 24.0. The van der Waals surface area contributed by atoms with Crippen LogP contribution in [0.5, 0.6) is 0 Å². The van der Waals surface area contributed by atoms with Crippen LogP contribution in [0.4, 0.5) is 11.8 Å². The monoisotopic (exact) mass is 608 g/mol. The lowest BCUT2D eigenvalue weighted by molar-refractivity contribution is -0.108. The molecule has 1 aliphatic rings. The Kier molecular flexibility index (Phi) is 7.84. The van der Waals surface area contributed by atoms with Crippen molar-refractivity contribution in [1.82, 2.24) is 19.5 Å². The quantitative estimate of drug-likeness (QED) is 0.193. The number of aromatic nitrogens is 4. The van der Waals surface area contributed by atoms with Gasteiger partial charge in [0, 0.05) is 0 Å². The van der Waals surface area contributed by atoms with E-state index in [0.29, 0.717) is 5.56 Å². The van der Waals surface area contributed by atoms with Gasteiger partial charge in [-0.3, -0.25) is 4.57 Å². The highest BCUT2D eigenvalue weighted by atomic mass is 16.7. The Labute approximate surface area is 256 Å². The van der Waals surface area contributed by atoms with E-state index in [1.54, 1.807) is 97.9 Å². The van der Waals surface area contributed by atoms with Crippen LogP contribution in [-0.4, -0.2) is 61.8 Å². The van der Waals surface area contributed by atoms with Crippen molar-refractivity contribution in [3.63, 3.8) is 0 Å². The average molecular weight is 609 g/mol. The Morgan fingerprint density at radius 2 is 1.38 bits per heavy atom. The number of ether oxygens (including phenoxy) is 4. The number of carbonyl (C=O) groups is 3. The van der Waals surface area contributed by atoms with Crippen molar-refractivity contribution in [2.24, 2.45) is 0 Å².